The average Bonchev–Trinajstić information content (AvgIpc) is 2.98. The van der Waals surface area contributed by atoms with Crippen molar-refractivity contribution >= 4 is 130 Å². The highest BCUT2D eigenvalue weighted by Gasteiger charge is 2.42. The monoisotopic (exact) mass is 842 g/mol. The summed E-state index contributed by atoms with van der Waals surface area (Å²) < 4.78 is 2.36. The fourth-order valence-electron chi connectivity index (χ4n) is 7.46. The Morgan fingerprint density at radius 1 is 0.455 bits per heavy atom. The Morgan fingerprint density at radius 2 is 0.682 bits per heavy atom. The smallest absolute Gasteiger partial charge is 0.262 e. The lowest BCUT2D eigenvalue weighted by Crippen LogP contribution is -2.47. The summed E-state index contributed by atoms with van der Waals surface area (Å²) in [7, 11) is 0. The fraction of sp³-hybridized carbons (Fsp3) is 0.294. The quantitative estimate of drug-likeness (QED) is 0.0969. The first-order valence-electron chi connectivity index (χ1n) is 14.8. The number of imide groups is 2. The molecule has 0 unspecified atom stereocenters. The molecule has 2 aliphatic heterocycles. The average molecular weight is 846 g/mol. The molecule has 6 nitrogen and oxygen atoms in total. The van der Waals surface area contributed by atoms with Crippen LogP contribution < -0.4 is 0 Å². The van der Waals surface area contributed by atoms with Crippen molar-refractivity contribution in [2.75, 3.05) is 0 Å². The topological polar surface area (TPSA) is 74.8 Å². The number of amides is 4. The Hall–Kier alpha value is -2.40. The van der Waals surface area contributed by atoms with Gasteiger partial charge < -0.3 is 0 Å². The van der Waals surface area contributed by atoms with Gasteiger partial charge in [0.15, 0.2) is 0 Å². The van der Waals surface area contributed by atoms with Crippen LogP contribution in [-0.4, -0.2) is 45.5 Å². The SMILES string of the molecule is CCC(CC)N1C(=O)c2c(Br)cc3c4cc(Br)c5c6c(c(Br)cc(c7cc(Br)c(c2c37)C1=O)c64)C(=O)N(C(CC)CC)C5=O. The van der Waals surface area contributed by atoms with E-state index in [4.69, 9.17) is 0 Å². The molecule has 5 aromatic rings. The molecule has 4 amide bonds. The number of nitrogens with zero attached hydrogens (tertiary/aromatic N) is 2. The lowest BCUT2D eigenvalue weighted by Gasteiger charge is -2.35. The van der Waals surface area contributed by atoms with Gasteiger partial charge in [0.25, 0.3) is 23.6 Å². The van der Waals surface area contributed by atoms with E-state index in [0.29, 0.717) is 76.6 Å². The van der Waals surface area contributed by atoms with Crippen LogP contribution in [0.1, 0.15) is 94.8 Å². The van der Waals surface area contributed by atoms with Gasteiger partial charge in [0.2, 0.25) is 0 Å². The first-order valence-corrected chi connectivity index (χ1v) is 17.9. The Bertz CT molecular complexity index is 1880. The number of benzene rings is 5. The zero-order valence-electron chi connectivity index (χ0n) is 24.3. The predicted octanol–water partition coefficient (Wildman–Crippen LogP) is 10.4. The van der Waals surface area contributed by atoms with Crippen molar-refractivity contribution < 1.29 is 19.2 Å². The predicted molar refractivity (Wildman–Crippen MR) is 188 cm³/mol. The van der Waals surface area contributed by atoms with Crippen molar-refractivity contribution in [2.45, 2.75) is 65.5 Å². The molecule has 44 heavy (non-hydrogen) atoms. The third kappa shape index (κ3) is 3.74. The van der Waals surface area contributed by atoms with Crippen LogP contribution in [-0.2, 0) is 0 Å². The van der Waals surface area contributed by atoms with Gasteiger partial charge in [0.1, 0.15) is 0 Å². The van der Waals surface area contributed by atoms with Crippen LogP contribution in [0.2, 0.25) is 0 Å². The van der Waals surface area contributed by atoms with E-state index in [1.807, 2.05) is 52.0 Å². The van der Waals surface area contributed by atoms with E-state index >= 15 is 0 Å². The number of carbonyl (C=O) groups is 4. The van der Waals surface area contributed by atoms with E-state index in [2.05, 4.69) is 63.7 Å². The number of rotatable bonds is 6. The van der Waals surface area contributed by atoms with Crippen LogP contribution in [0.4, 0.5) is 0 Å². The Balaban J connectivity index is 1.67. The van der Waals surface area contributed by atoms with Gasteiger partial charge >= 0.3 is 0 Å². The van der Waals surface area contributed by atoms with Gasteiger partial charge in [0.05, 0.1) is 22.3 Å². The maximum atomic E-state index is 14.1. The summed E-state index contributed by atoms with van der Waals surface area (Å²) in [5.41, 5.74) is 1.86. The largest absolute Gasteiger partial charge is 0.271 e. The molecule has 7 rings (SSSR count). The van der Waals surface area contributed by atoms with Crippen molar-refractivity contribution in [1.82, 2.24) is 9.80 Å². The molecule has 0 N–H and O–H groups in total. The van der Waals surface area contributed by atoms with E-state index in [1.54, 1.807) is 0 Å². The normalized spacial score (nSPS) is 15.2. The molecule has 0 saturated heterocycles. The van der Waals surface area contributed by atoms with Crippen LogP contribution >= 0.6 is 63.7 Å². The van der Waals surface area contributed by atoms with Crippen LogP contribution in [0.3, 0.4) is 0 Å². The lowest BCUT2D eigenvalue weighted by molar-refractivity contribution is 0.0513. The van der Waals surface area contributed by atoms with Gasteiger partial charge in [-0.3, -0.25) is 29.0 Å². The summed E-state index contributed by atoms with van der Waals surface area (Å²) in [6.07, 6.45) is 2.64. The molecule has 0 aromatic heterocycles. The number of halogens is 4. The van der Waals surface area contributed by atoms with E-state index in [-0.39, 0.29) is 35.7 Å². The van der Waals surface area contributed by atoms with Gasteiger partial charge in [0, 0.05) is 40.7 Å². The van der Waals surface area contributed by atoms with Crippen molar-refractivity contribution in [3.8, 4) is 0 Å². The number of fused-ring (bicyclic) bond motifs is 2. The van der Waals surface area contributed by atoms with Crippen molar-refractivity contribution in [3.63, 3.8) is 0 Å². The number of hydrogen-bond acceptors (Lipinski definition) is 4. The minimum absolute atomic E-state index is 0.220. The molecule has 10 heteroatoms. The summed E-state index contributed by atoms with van der Waals surface area (Å²) >= 11 is 14.9. The highest BCUT2D eigenvalue weighted by molar-refractivity contribution is 9.11. The van der Waals surface area contributed by atoms with Crippen LogP contribution in [0.15, 0.2) is 42.2 Å². The van der Waals surface area contributed by atoms with Crippen molar-refractivity contribution in [2.24, 2.45) is 0 Å². The third-order valence-corrected chi connectivity index (χ3v) is 12.0. The maximum Gasteiger partial charge on any atom is 0.262 e. The molecule has 224 valence electrons. The summed E-state index contributed by atoms with van der Waals surface area (Å²) in [4.78, 5) is 59.2. The van der Waals surface area contributed by atoms with Crippen LogP contribution in [0, 0.1) is 0 Å². The first-order chi connectivity index (χ1) is 21.0. The molecule has 2 heterocycles. The zero-order chi connectivity index (χ0) is 31.5. The lowest BCUT2D eigenvalue weighted by atomic mass is 9.81. The molecule has 0 fully saturated rings. The molecule has 0 atom stereocenters. The second kappa shape index (κ2) is 10.6. The Labute approximate surface area is 287 Å². The van der Waals surface area contributed by atoms with Gasteiger partial charge in [-0.2, -0.15) is 0 Å². The third-order valence-electron chi connectivity index (χ3n) is 9.54. The van der Waals surface area contributed by atoms with Crippen LogP contribution in [0.5, 0.6) is 0 Å². The summed E-state index contributed by atoms with van der Waals surface area (Å²) in [5, 5.41) is 6.11. The minimum Gasteiger partial charge on any atom is -0.271 e. The fourth-order valence-corrected chi connectivity index (χ4v) is 9.85. The highest BCUT2D eigenvalue weighted by Crippen LogP contribution is 2.52. The molecule has 0 aliphatic carbocycles. The minimum atomic E-state index is -0.310. The summed E-state index contributed by atoms with van der Waals surface area (Å²) in [5.74, 6) is -1.24. The molecular formula is C34H26Br4N2O4. The Morgan fingerprint density at radius 3 is 0.886 bits per heavy atom. The van der Waals surface area contributed by atoms with Crippen LogP contribution in [0.25, 0.3) is 43.1 Å². The molecule has 2 aliphatic rings. The second-order valence-corrected chi connectivity index (χ2v) is 14.9. The van der Waals surface area contributed by atoms with E-state index in [9.17, 15) is 19.2 Å². The molecule has 0 saturated carbocycles. The Kier molecular flexibility index (Phi) is 7.27. The summed E-state index contributed by atoms with van der Waals surface area (Å²) in [6, 6.07) is 7.32. The summed E-state index contributed by atoms with van der Waals surface area (Å²) in [6.45, 7) is 7.94. The van der Waals surface area contributed by atoms with E-state index in [1.165, 1.54) is 9.80 Å². The second-order valence-electron chi connectivity index (χ2n) is 11.5. The maximum absolute atomic E-state index is 14.1. The number of hydrogen-bond donors (Lipinski definition) is 0. The molecular weight excluding hydrogens is 820 g/mol. The zero-order valence-corrected chi connectivity index (χ0v) is 30.7. The van der Waals surface area contributed by atoms with E-state index < -0.39 is 0 Å². The number of carbonyl (C=O) groups excluding carboxylic acids is 4. The molecule has 0 bridgehead atoms. The van der Waals surface area contributed by atoms with Gasteiger partial charge in [-0.25, -0.2) is 0 Å². The van der Waals surface area contributed by atoms with E-state index in [0.717, 1.165) is 32.3 Å². The standard InChI is InChI=1S/C34H26Br4N2O4/c1-5-13(6-2)39-31(41)25-19(35)9-15-17-11-21(37)27-30-24(17)18(16-10-20(36)26(32(39)42)29(25)23(15)16)12-22(38)28(30)34(44)40(33(27)43)14(7-3)8-4/h9-14H,5-8H2,1-4H3. The molecule has 0 spiro atoms. The van der Waals surface area contributed by atoms with Crippen molar-refractivity contribution in [3.05, 3.63) is 64.4 Å². The highest BCUT2D eigenvalue weighted by atomic mass is 79.9. The van der Waals surface area contributed by atoms with Gasteiger partial charge in [-0.1, -0.05) is 27.7 Å². The van der Waals surface area contributed by atoms with Crippen molar-refractivity contribution in [1.29, 1.82) is 0 Å². The van der Waals surface area contributed by atoms with Gasteiger partial charge in [-0.05, 0) is 146 Å². The van der Waals surface area contributed by atoms with Gasteiger partial charge in [-0.15, -0.1) is 0 Å². The molecule has 0 radical (unpaired) electrons. The first kappa shape index (κ1) is 30.3. The molecule has 5 aromatic carbocycles.